The molecule has 2 aromatic carbocycles. The summed E-state index contributed by atoms with van der Waals surface area (Å²) in [5.74, 6) is 3.69. The van der Waals surface area contributed by atoms with Crippen LogP contribution < -0.4 is 14.4 Å². The Morgan fingerprint density at radius 2 is 1.59 bits per heavy atom. The normalized spacial score (nSPS) is 13.0. The monoisotopic (exact) mass is 535 g/mol. The molecule has 0 radical (unpaired) electrons. The van der Waals surface area contributed by atoms with Crippen LogP contribution in [0.15, 0.2) is 59.8 Å². The van der Waals surface area contributed by atoms with E-state index in [4.69, 9.17) is 31.2 Å². The molecule has 2 aromatic heterocycles. The van der Waals surface area contributed by atoms with Crippen LogP contribution in [0.1, 0.15) is 41.1 Å². The third kappa shape index (κ3) is 5.70. The molecule has 1 aliphatic rings. The first kappa shape index (κ1) is 25.4. The average Bonchev–Trinajstić information content (AvgIpc) is 3.70. The summed E-state index contributed by atoms with van der Waals surface area (Å²) in [7, 11) is 3.35. The minimum Gasteiger partial charge on any atom is -0.497 e. The molecule has 192 valence electrons. The van der Waals surface area contributed by atoms with E-state index >= 15 is 0 Å². The number of nitrogens with zero attached hydrogens (tertiary/aromatic N) is 5. The van der Waals surface area contributed by atoms with Crippen LogP contribution in [0.25, 0.3) is 0 Å². The summed E-state index contributed by atoms with van der Waals surface area (Å²) in [5, 5.41) is 6.22. The zero-order valence-electron chi connectivity index (χ0n) is 21.4. The Morgan fingerprint density at radius 1 is 0.973 bits per heavy atom. The van der Waals surface area contributed by atoms with E-state index in [2.05, 4.69) is 47.1 Å². The minimum atomic E-state index is 0.374. The molecule has 0 atom stereocenters. The Bertz CT molecular complexity index is 1370. The maximum Gasteiger partial charge on any atom is 0.190 e. The maximum absolute atomic E-state index is 6.75. The molecule has 4 aromatic rings. The summed E-state index contributed by atoms with van der Waals surface area (Å²) in [6.45, 7) is 3.32. The first-order valence-electron chi connectivity index (χ1n) is 12.2. The molecule has 5 rings (SSSR count). The highest BCUT2D eigenvalue weighted by atomic mass is 35.5. The summed E-state index contributed by atoms with van der Waals surface area (Å²) >= 11 is 8.24. The number of aromatic nitrogens is 4. The van der Waals surface area contributed by atoms with Crippen molar-refractivity contribution in [2.75, 3.05) is 25.4 Å². The van der Waals surface area contributed by atoms with Crippen molar-refractivity contribution >= 4 is 35.0 Å². The molecule has 0 spiro atoms. The van der Waals surface area contributed by atoms with Gasteiger partial charge in [0.2, 0.25) is 0 Å². The van der Waals surface area contributed by atoms with Gasteiger partial charge in [0.15, 0.2) is 11.0 Å². The van der Waals surface area contributed by atoms with Crippen LogP contribution in [0.5, 0.6) is 11.5 Å². The number of benzene rings is 2. The lowest BCUT2D eigenvalue weighted by molar-refractivity contribution is 0.414. The second kappa shape index (κ2) is 11.0. The van der Waals surface area contributed by atoms with Gasteiger partial charge >= 0.3 is 0 Å². The Hall–Kier alpha value is -3.23. The molecule has 7 nitrogen and oxygen atoms in total. The van der Waals surface area contributed by atoms with Gasteiger partial charge in [-0.15, -0.1) is 0 Å². The van der Waals surface area contributed by atoms with Gasteiger partial charge in [-0.3, -0.25) is 4.68 Å². The average molecular weight is 536 g/mol. The van der Waals surface area contributed by atoms with Gasteiger partial charge in [0.05, 0.1) is 27.3 Å². The molecule has 0 saturated heterocycles. The molecule has 1 fully saturated rings. The predicted molar refractivity (Wildman–Crippen MR) is 149 cm³/mol. The standard InChI is InChI=1S/C28H30ClN5O2S/c1-18-15-24(32-34(18)17-20-7-13-23(36-3)14-8-20)33(16-19-5-11-22(35-2)12-6-19)27-25(21-9-10-21)26(29)30-28(31-27)37-4/h5-8,11-15,21H,9-10,16-17H2,1-4H3. The fourth-order valence-electron chi connectivity index (χ4n) is 4.30. The smallest absolute Gasteiger partial charge is 0.190 e. The van der Waals surface area contributed by atoms with Crippen molar-refractivity contribution in [1.82, 2.24) is 19.7 Å². The lowest BCUT2D eigenvalue weighted by Gasteiger charge is -2.25. The van der Waals surface area contributed by atoms with Gasteiger partial charge in [-0.2, -0.15) is 5.10 Å². The highest BCUT2D eigenvalue weighted by Gasteiger charge is 2.33. The van der Waals surface area contributed by atoms with Gasteiger partial charge in [-0.05, 0) is 67.3 Å². The molecular weight excluding hydrogens is 506 g/mol. The zero-order valence-corrected chi connectivity index (χ0v) is 23.0. The highest BCUT2D eigenvalue weighted by molar-refractivity contribution is 7.98. The van der Waals surface area contributed by atoms with Gasteiger partial charge in [0.25, 0.3) is 0 Å². The Balaban J connectivity index is 1.56. The van der Waals surface area contributed by atoms with E-state index in [0.29, 0.717) is 29.3 Å². The number of anilines is 2. The van der Waals surface area contributed by atoms with Crippen LogP contribution in [-0.4, -0.2) is 40.2 Å². The lowest BCUT2D eigenvalue weighted by atomic mass is 10.1. The summed E-state index contributed by atoms with van der Waals surface area (Å²) in [5.41, 5.74) is 4.33. The van der Waals surface area contributed by atoms with Crippen molar-refractivity contribution in [2.45, 2.75) is 43.9 Å². The van der Waals surface area contributed by atoms with E-state index in [9.17, 15) is 0 Å². The second-order valence-electron chi connectivity index (χ2n) is 9.10. The minimum absolute atomic E-state index is 0.374. The summed E-state index contributed by atoms with van der Waals surface area (Å²) in [6, 6.07) is 18.3. The van der Waals surface area contributed by atoms with Gasteiger partial charge in [0.1, 0.15) is 22.5 Å². The molecule has 0 amide bonds. The largest absolute Gasteiger partial charge is 0.497 e. The number of aryl methyl sites for hydroxylation is 1. The van der Waals surface area contributed by atoms with Crippen molar-refractivity contribution in [3.05, 3.63) is 82.1 Å². The van der Waals surface area contributed by atoms with E-state index in [1.807, 2.05) is 35.2 Å². The number of ether oxygens (including phenoxy) is 2. The fraction of sp³-hybridized carbons (Fsp3) is 0.321. The van der Waals surface area contributed by atoms with Gasteiger partial charge in [-0.1, -0.05) is 47.6 Å². The zero-order chi connectivity index (χ0) is 25.9. The maximum atomic E-state index is 6.75. The van der Waals surface area contributed by atoms with Crippen molar-refractivity contribution < 1.29 is 9.47 Å². The second-order valence-corrected chi connectivity index (χ2v) is 10.2. The van der Waals surface area contributed by atoms with Crippen molar-refractivity contribution in [3.8, 4) is 11.5 Å². The highest BCUT2D eigenvalue weighted by Crippen LogP contribution is 2.48. The lowest BCUT2D eigenvalue weighted by Crippen LogP contribution is -2.21. The van der Waals surface area contributed by atoms with Gasteiger partial charge < -0.3 is 14.4 Å². The molecule has 1 saturated carbocycles. The molecule has 0 unspecified atom stereocenters. The summed E-state index contributed by atoms with van der Waals surface area (Å²) in [6.07, 6.45) is 4.15. The number of thioether (sulfide) groups is 1. The van der Waals surface area contributed by atoms with Crippen LogP contribution in [0.4, 0.5) is 11.6 Å². The summed E-state index contributed by atoms with van der Waals surface area (Å²) in [4.78, 5) is 11.7. The fourth-order valence-corrected chi connectivity index (χ4v) is 5.03. The van der Waals surface area contributed by atoms with E-state index in [1.165, 1.54) is 11.8 Å². The molecule has 0 aliphatic heterocycles. The molecular formula is C28H30ClN5O2S. The van der Waals surface area contributed by atoms with E-state index in [0.717, 1.165) is 58.4 Å². The first-order valence-corrected chi connectivity index (χ1v) is 13.8. The molecule has 0 bridgehead atoms. The van der Waals surface area contributed by atoms with Crippen LogP contribution in [0, 0.1) is 6.92 Å². The number of rotatable bonds is 10. The quantitative estimate of drug-likeness (QED) is 0.128. The van der Waals surface area contributed by atoms with Crippen molar-refractivity contribution in [3.63, 3.8) is 0 Å². The third-order valence-corrected chi connectivity index (χ3v) is 7.35. The first-order chi connectivity index (χ1) is 18.0. The molecule has 2 heterocycles. The van der Waals surface area contributed by atoms with Crippen LogP contribution >= 0.6 is 23.4 Å². The molecule has 9 heteroatoms. The number of hydrogen-bond acceptors (Lipinski definition) is 7. The number of methoxy groups -OCH3 is 2. The van der Waals surface area contributed by atoms with E-state index in [-0.39, 0.29) is 0 Å². The molecule has 1 aliphatic carbocycles. The van der Waals surface area contributed by atoms with Crippen LogP contribution in [-0.2, 0) is 13.1 Å². The summed E-state index contributed by atoms with van der Waals surface area (Å²) < 4.78 is 12.7. The van der Waals surface area contributed by atoms with Crippen LogP contribution in [0.2, 0.25) is 5.15 Å². The van der Waals surface area contributed by atoms with Gasteiger partial charge in [-0.25, -0.2) is 9.97 Å². The predicted octanol–water partition coefficient (Wildman–Crippen LogP) is 6.64. The number of halogens is 1. The number of hydrogen-bond donors (Lipinski definition) is 0. The Kier molecular flexibility index (Phi) is 7.58. The molecule has 37 heavy (non-hydrogen) atoms. The van der Waals surface area contributed by atoms with E-state index in [1.54, 1.807) is 14.2 Å². The van der Waals surface area contributed by atoms with Crippen molar-refractivity contribution in [2.24, 2.45) is 0 Å². The Morgan fingerprint density at radius 3 is 2.16 bits per heavy atom. The van der Waals surface area contributed by atoms with Gasteiger partial charge in [0, 0.05) is 17.3 Å². The molecule has 0 N–H and O–H groups in total. The SMILES string of the molecule is COc1ccc(CN(c2cc(C)n(Cc3ccc(OC)cc3)n2)c2nc(SC)nc(Cl)c2C2CC2)cc1. The van der Waals surface area contributed by atoms with E-state index < -0.39 is 0 Å². The van der Waals surface area contributed by atoms with Crippen molar-refractivity contribution in [1.29, 1.82) is 0 Å². The third-order valence-electron chi connectivity index (χ3n) is 6.52. The topological polar surface area (TPSA) is 65.3 Å². The Labute approximate surface area is 226 Å². The van der Waals surface area contributed by atoms with Crippen LogP contribution in [0.3, 0.4) is 0 Å².